The number of halogens is 3. The van der Waals surface area contributed by atoms with E-state index < -0.39 is 11.7 Å². The number of hydrogen-bond acceptors (Lipinski definition) is 7. The topological polar surface area (TPSA) is 88.4 Å². The van der Waals surface area contributed by atoms with Crippen LogP contribution >= 0.6 is 0 Å². The van der Waals surface area contributed by atoms with E-state index in [1.165, 1.54) is 24.2 Å². The molecule has 0 radical (unpaired) electrons. The summed E-state index contributed by atoms with van der Waals surface area (Å²) in [5.41, 5.74) is -0.179. The third-order valence-corrected chi connectivity index (χ3v) is 6.10. The van der Waals surface area contributed by atoms with Crippen molar-refractivity contribution in [1.82, 2.24) is 29.5 Å². The molecule has 0 spiro atoms. The lowest BCUT2D eigenvalue weighted by Crippen LogP contribution is -2.50. The molecule has 0 saturated carbocycles. The van der Waals surface area contributed by atoms with Gasteiger partial charge in [0.1, 0.15) is 11.3 Å². The molecule has 0 aliphatic carbocycles. The Morgan fingerprint density at radius 2 is 1.86 bits per heavy atom. The van der Waals surface area contributed by atoms with Crippen molar-refractivity contribution in [3.8, 4) is 17.0 Å². The third kappa shape index (κ3) is 5.43. The van der Waals surface area contributed by atoms with Crippen molar-refractivity contribution in [3.05, 3.63) is 47.9 Å². The van der Waals surface area contributed by atoms with Gasteiger partial charge in [0.15, 0.2) is 0 Å². The lowest BCUT2D eigenvalue weighted by Gasteiger charge is -2.37. The highest BCUT2D eigenvalue weighted by Crippen LogP contribution is 2.36. The van der Waals surface area contributed by atoms with Gasteiger partial charge in [-0.25, -0.2) is 9.97 Å². The number of aryl methyl sites for hydroxylation is 1. The van der Waals surface area contributed by atoms with Gasteiger partial charge in [0.05, 0.1) is 24.7 Å². The van der Waals surface area contributed by atoms with Gasteiger partial charge in [0.25, 0.3) is 5.91 Å². The number of nitrogens with zero attached hydrogens (tertiary/aromatic N) is 6. The molecule has 4 rings (SSSR count). The van der Waals surface area contributed by atoms with Crippen LogP contribution in [0.25, 0.3) is 11.3 Å². The normalized spacial score (nSPS) is 14.8. The van der Waals surface area contributed by atoms with Crippen LogP contribution in [0.15, 0.2) is 36.8 Å². The van der Waals surface area contributed by atoms with Crippen LogP contribution in [-0.4, -0.2) is 74.8 Å². The first-order valence-electron chi connectivity index (χ1n) is 11.5. The predicted molar refractivity (Wildman–Crippen MR) is 128 cm³/mol. The first kappa shape index (κ1) is 25.4. The monoisotopic (exact) mass is 503 g/mol. The number of methoxy groups -OCH3 is 1. The van der Waals surface area contributed by atoms with E-state index >= 15 is 0 Å². The number of piperazine rings is 1. The molecule has 3 aromatic rings. The van der Waals surface area contributed by atoms with Crippen LogP contribution in [0.1, 0.15) is 29.8 Å². The second-order valence-corrected chi connectivity index (χ2v) is 8.82. The van der Waals surface area contributed by atoms with Gasteiger partial charge in [-0.05, 0) is 32.0 Å². The van der Waals surface area contributed by atoms with E-state index in [1.807, 2.05) is 0 Å². The van der Waals surface area contributed by atoms with Gasteiger partial charge in [-0.15, -0.1) is 0 Å². The largest absolute Gasteiger partial charge is 0.495 e. The highest BCUT2D eigenvalue weighted by molar-refractivity contribution is 5.95. The maximum Gasteiger partial charge on any atom is 0.419 e. The van der Waals surface area contributed by atoms with E-state index in [9.17, 15) is 18.0 Å². The second-order valence-electron chi connectivity index (χ2n) is 8.82. The van der Waals surface area contributed by atoms with E-state index in [0.717, 1.165) is 19.3 Å². The van der Waals surface area contributed by atoms with Gasteiger partial charge in [-0.2, -0.15) is 18.3 Å². The molecule has 1 N–H and O–H groups in total. The molecule has 3 heterocycles. The number of ether oxygens (including phenoxy) is 1. The highest BCUT2D eigenvalue weighted by Gasteiger charge is 2.36. The Morgan fingerprint density at radius 3 is 2.44 bits per heavy atom. The number of carbonyl (C=O) groups excluding carboxylic acids is 1. The molecule has 1 aliphatic rings. The average molecular weight is 504 g/mol. The van der Waals surface area contributed by atoms with Crippen LogP contribution in [0.2, 0.25) is 0 Å². The molecule has 1 fully saturated rings. The Hall–Kier alpha value is -3.67. The summed E-state index contributed by atoms with van der Waals surface area (Å²) in [4.78, 5) is 25.1. The van der Waals surface area contributed by atoms with Crippen LogP contribution in [0.3, 0.4) is 0 Å². The molecule has 9 nitrogen and oxygen atoms in total. The zero-order valence-electron chi connectivity index (χ0n) is 20.5. The van der Waals surface area contributed by atoms with E-state index in [2.05, 4.69) is 39.1 Å². The fourth-order valence-electron chi connectivity index (χ4n) is 4.09. The number of rotatable bonds is 6. The Morgan fingerprint density at radius 1 is 1.14 bits per heavy atom. The molecule has 192 valence electrons. The maximum absolute atomic E-state index is 13.6. The number of hydrogen-bond donors (Lipinski definition) is 1. The molecule has 2 aromatic heterocycles. The molecule has 0 unspecified atom stereocenters. The molecule has 36 heavy (non-hydrogen) atoms. The third-order valence-electron chi connectivity index (χ3n) is 6.10. The summed E-state index contributed by atoms with van der Waals surface area (Å²) in [6, 6.07) is 5.31. The van der Waals surface area contributed by atoms with E-state index in [1.54, 1.807) is 30.1 Å². The van der Waals surface area contributed by atoms with Crippen LogP contribution in [0, 0.1) is 0 Å². The molecule has 1 saturated heterocycles. The van der Waals surface area contributed by atoms with Gasteiger partial charge in [-0.3, -0.25) is 14.4 Å². The number of alkyl halides is 3. The first-order valence-corrected chi connectivity index (χ1v) is 11.5. The molecule has 12 heteroatoms. The minimum Gasteiger partial charge on any atom is -0.495 e. The average Bonchev–Trinajstić information content (AvgIpc) is 3.29. The van der Waals surface area contributed by atoms with Crippen LogP contribution in [0.5, 0.6) is 5.75 Å². The smallest absolute Gasteiger partial charge is 0.419 e. The zero-order chi connectivity index (χ0) is 26.0. The minimum absolute atomic E-state index is 0.0518. The lowest BCUT2D eigenvalue weighted by molar-refractivity contribution is -0.137. The number of nitrogens with one attached hydrogen (secondary N) is 1. The molecular formula is C24H28F3N7O2. The Kier molecular flexibility index (Phi) is 7.16. The van der Waals surface area contributed by atoms with Gasteiger partial charge >= 0.3 is 6.18 Å². The molecule has 1 aliphatic heterocycles. The standard InChI is InChI=1S/C24H28F3N7O2/c1-15(2)33-7-9-34(10-8-33)22(35)16-5-6-19(20(11-16)36-4)30-23-28-13-18(24(25,26)27)21(31-23)17-12-29-32(3)14-17/h5-6,11-15H,7-10H2,1-4H3,(H,28,30,31). The summed E-state index contributed by atoms with van der Waals surface area (Å²) < 4.78 is 47.5. The number of benzene rings is 1. The summed E-state index contributed by atoms with van der Waals surface area (Å²) in [5.74, 6) is 0.185. The van der Waals surface area contributed by atoms with Crippen molar-refractivity contribution in [3.63, 3.8) is 0 Å². The van der Waals surface area contributed by atoms with Gasteiger partial charge in [0.2, 0.25) is 5.95 Å². The van der Waals surface area contributed by atoms with E-state index in [4.69, 9.17) is 4.74 Å². The molecule has 1 amide bonds. The van der Waals surface area contributed by atoms with Gasteiger partial charge in [0, 0.05) is 62.8 Å². The van der Waals surface area contributed by atoms with E-state index in [0.29, 0.717) is 36.1 Å². The summed E-state index contributed by atoms with van der Waals surface area (Å²) >= 11 is 0. The number of anilines is 2. The zero-order valence-corrected chi connectivity index (χ0v) is 20.5. The van der Waals surface area contributed by atoms with Crippen molar-refractivity contribution >= 4 is 17.5 Å². The molecular weight excluding hydrogens is 475 g/mol. The van der Waals surface area contributed by atoms with Crippen molar-refractivity contribution in [2.24, 2.45) is 7.05 Å². The Bertz CT molecular complexity index is 1230. The first-order chi connectivity index (χ1) is 17.1. The van der Waals surface area contributed by atoms with Crippen molar-refractivity contribution in [1.29, 1.82) is 0 Å². The second kappa shape index (κ2) is 10.1. The summed E-state index contributed by atoms with van der Waals surface area (Å²) in [5, 5.41) is 6.85. The lowest BCUT2D eigenvalue weighted by atomic mass is 10.1. The summed E-state index contributed by atoms with van der Waals surface area (Å²) in [6.45, 7) is 7.16. The quantitative estimate of drug-likeness (QED) is 0.547. The van der Waals surface area contributed by atoms with Crippen LogP contribution < -0.4 is 10.1 Å². The number of carbonyl (C=O) groups is 1. The molecule has 0 bridgehead atoms. The Balaban J connectivity index is 1.57. The SMILES string of the molecule is COc1cc(C(=O)N2CCN(C(C)C)CC2)ccc1Nc1ncc(C(F)(F)F)c(-c2cnn(C)c2)n1. The molecule has 0 atom stereocenters. The highest BCUT2D eigenvalue weighted by atomic mass is 19.4. The van der Waals surface area contributed by atoms with Gasteiger partial charge < -0.3 is 15.0 Å². The van der Waals surface area contributed by atoms with Crippen molar-refractivity contribution < 1.29 is 22.7 Å². The number of aromatic nitrogens is 4. The van der Waals surface area contributed by atoms with E-state index in [-0.39, 0.29) is 23.1 Å². The van der Waals surface area contributed by atoms with Crippen molar-refractivity contribution in [2.45, 2.75) is 26.1 Å². The van der Waals surface area contributed by atoms with Crippen LogP contribution in [-0.2, 0) is 13.2 Å². The van der Waals surface area contributed by atoms with Gasteiger partial charge in [-0.1, -0.05) is 0 Å². The summed E-state index contributed by atoms with van der Waals surface area (Å²) in [6.07, 6.45) is -1.14. The fourth-order valence-corrected chi connectivity index (χ4v) is 4.09. The summed E-state index contributed by atoms with van der Waals surface area (Å²) in [7, 11) is 3.06. The van der Waals surface area contributed by atoms with Crippen LogP contribution in [0.4, 0.5) is 24.8 Å². The number of amides is 1. The Labute approximate surface area is 206 Å². The van der Waals surface area contributed by atoms with Crippen molar-refractivity contribution in [2.75, 3.05) is 38.6 Å². The fraction of sp³-hybridized carbons (Fsp3) is 0.417. The minimum atomic E-state index is -4.63. The molecule has 1 aromatic carbocycles. The predicted octanol–water partition coefficient (Wildman–Crippen LogP) is 3.81. The maximum atomic E-state index is 13.6.